The summed E-state index contributed by atoms with van der Waals surface area (Å²) in [6.45, 7) is 2.54. The van der Waals surface area contributed by atoms with Crippen LogP contribution in [0, 0.1) is 5.82 Å². The molecule has 0 radical (unpaired) electrons. The van der Waals surface area contributed by atoms with Gasteiger partial charge in [0.1, 0.15) is 5.82 Å². The number of halogens is 1. The van der Waals surface area contributed by atoms with Gasteiger partial charge in [0.25, 0.3) is 0 Å². The van der Waals surface area contributed by atoms with E-state index < -0.39 is 5.82 Å². The van der Waals surface area contributed by atoms with Crippen molar-refractivity contribution in [3.8, 4) is 0 Å². The van der Waals surface area contributed by atoms with E-state index in [1.165, 1.54) is 18.2 Å². The van der Waals surface area contributed by atoms with E-state index in [4.69, 9.17) is 10.5 Å². The highest BCUT2D eigenvalue weighted by Crippen LogP contribution is 2.26. The highest BCUT2D eigenvalue weighted by Gasteiger charge is 2.33. The Morgan fingerprint density at radius 3 is 2.76 bits per heavy atom. The van der Waals surface area contributed by atoms with Crippen molar-refractivity contribution < 1.29 is 13.9 Å². The van der Waals surface area contributed by atoms with Gasteiger partial charge < -0.3 is 15.8 Å². The van der Waals surface area contributed by atoms with Gasteiger partial charge in [-0.05, 0) is 31.0 Å². The second kappa shape index (κ2) is 5.99. The van der Waals surface area contributed by atoms with Crippen molar-refractivity contribution in [1.29, 1.82) is 0 Å². The number of carbonyl (C=O) groups is 1. The summed E-state index contributed by atoms with van der Waals surface area (Å²) >= 11 is 0. The number of nitrogens with one attached hydrogen (secondary N) is 1. The molecule has 5 nitrogen and oxygen atoms in total. The molecule has 2 saturated heterocycles. The van der Waals surface area contributed by atoms with Gasteiger partial charge in [0, 0.05) is 31.7 Å². The van der Waals surface area contributed by atoms with Crippen LogP contribution in [0.5, 0.6) is 0 Å². The largest absolute Gasteiger partial charge is 0.396 e. The molecular formula is C15H20FN3O2. The Balaban J connectivity index is 1.47. The molecule has 2 aliphatic heterocycles. The summed E-state index contributed by atoms with van der Waals surface area (Å²) in [6.07, 6.45) is 3.34. The quantitative estimate of drug-likeness (QED) is 0.828. The van der Waals surface area contributed by atoms with Gasteiger partial charge in [-0.2, -0.15) is 0 Å². The van der Waals surface area contributed by atoms with E-state index in [1.54, 1.807) is 0 Å². The summed E-state index contributed by atoms with van der Waals surface area (Å²) < 4.78 is 18.8. The molecule has 2 atom stereocenters. The molecule has 2 fully saturated rings. The molecule has 1 aromatic carbocycles. The zero-order valence-electron chi connectivity index (χ0n) is 11.8. The van der Waals surface area contributed by atoms with Gasteiger partial charge in [-0.25, -0.2) is 4.39 Å². The number of nitrogens with two attached hydrogens (primary N) is 1. The van der Waals surface area contributed by atoms with Crippen molar-refractivity contribution in [2.24, 2.45) is 0 Å². The predicted octanol–water partition coefficient (Wildman–Crippen LogP) is 1.60. The topological polar surface area (TPSA) is 67.6 Å². The van der Waals surface area contributed by atoms with Crippen molar-refractivity contribution in [3.05, 3.63) is 24.0 Å². The Kier molecular flexibility index (Phi) is 4.07. The van der Waals surface area contributed by atoms with Gasteiger partial charge in [-0.15, -0.1) is 0 Å². The molecule has 2 unspecified atom stereocenters. The fraction of sp³-hybridized carbons (Fsp3) is 0.533. The fourth-order valence-corrected chi connectivity index (χ4v) is 2.99. The third-order valence-corrected chi connectivity index (χ3v) is 4.05. The number of carbonyl (C=O) groups excluding carboxylic acids is 1. The maximum atomic E-state index is 13.1. The molecule has 3 N–H and O–H groups in total. The highest BCUT2D eigenvalue weighted by atomic mass is 19.1. The summed E-state index contributed by atoms with van der Waals surface area (Å²) in [6, 6.07) is 4.20. The highest BCUT2D eigenvalue weighted by molar-refractivity contribution is 5.91. The number of anilines is 2. The van der Waals surface area contributed by atoms with Gasteiger partial charge in [0.05, 0.1) is 17.9 Å². The van der Waals surface area contributed by atoms with E-state index in [-0.39, 0.29) is 11.6 Å². The van der Waals surface area contributed by atoms with E-state index in [0.717, 1.165) is 32.5 Å². The van der Waals surface area contributed by atoms with Gasteiger partial charge >= 0.3 is 0 Å². The maximum Gasteiger partial charge on any atom is 0.225 e. The maximum absolute atomic E-state index is 13.1. The second-order valence-corrected chi connectivity index (χ2v) is 5.75. The molecule has 1 amide bonds. The number of rotatable bonds is 4. The van der Waals surface area contributed by atoms with Crippen molar-refractivity contribution in [2.45, 2.75) is 31.5 Å². The smallest absolute Gasteiger partial charge is 0.225 e. The number of ether oxygens (including phenoxy) is 1. The van der Waals surface area contributed by atoms with Crippen LogP contribution in [-0.4, -0.2) is 42.6 Å². The molecule has 21 heavy (non-hydrogen) atoms. The van der Waals surface area contributed by atoms with E-state index in [2.05, 4.69) is 10.2 Å². The minimum atomic E-state index is -0.475. The van der Waals surface area contributed by atoms with Crippen LogP contribution in [0.15, 0.2) is 18.2 Å². The SMILES string of the molecule is Nc1cc(NC(=O)CCN2CC3CCC(C2)O3)ccc1F. The average Bonchev–Trinajstić information content (AvgIpc) is 2.80. The first-order chi connectivity index (χ1) is 10.1. The lowest BCUT2D eigenvalue weighted by Gasteiger charge is -2.31. The number of fused-ring (bicyclic) bond motifs is 2. The molecule has 114 valence electrons. The van der Waals surface area contributed by atoms with Crippen LogP contribution in [0.2, 0.25) is 0 Å². The van der Waals surface area contributed by atoms with Crippen LogP contribution in [0.25, 0.3) is 0 Å². The van der Waals surface area contributed by atoms with Crippen molar-refractivity contribution in [3.63, 3.8) is 0 Å². The van der Waals surface area contributed by atoms with Crippen LogP contribution >= 0.6 is 0 Å². The summed E-state index contributed by atoms with van der Waals surface area (Å²) in [4.78, 5) is 14.2. The van der Waals surface area contributed by atoms with Crippen molar-refractivity contribution >= 4 is 17.3 Å². The number of likely N-dealkylation sites (tertiary alicyclic amines) is 1. The lowest BCUT2D eigenvalue weighted by atomic mass is 10.2. The van der Waals surface area contributed by atoms with E-state index in [1.807, 2.05) is 0 Å². The molecular weight excluding hydrogens is 273 g/mol. The lowest BCUT2D eigenvalue weighted by molar-refractivity contribution is -0.117. The molecule has 0 aliphatic carbocycles. The number of nitrogen functional groups attached to an aromatic ring is 1. The first-order valence-corrected chi connectivity index (χ1v) is 7.33. The normalized spacial score (nSPS) is 25.0. The standard InChI is InChI=1S/C15H20FN3O2/c16-13-4-1-10(7-14(13)17)18-15(20)5-6-19-8-11-2-3-12(9-19)21-11/h1,4,7,11-12H,2-3,5-6,8-9,17H2,(H,18,20). The summed E-state index contributed by atoms with van der Waals surface area (Å²) in [5, 5.41) is 2.74. The summed E-state index contributed by atoms with van der Waals surface area (Å²) in [5.74, 6) is -0.559. The number of hydrogen-bond donors (Lipinski definition) is 2. The van der Waals surface area contributed by atoms with E-state index in [0.29, 0.717) is 24.3 Å². The number of hydrogen-bond acceptors (Lipinski definition) is 4. The van der Waals surface area contributed by atoms with Crippen molar-refractivity contribution in [2.75, 3.05) is 30.7 Å². The predicted molar refractivity (Wildman–Crippen MR) is 78.4 cm³/mol. The first-order valence-electron chi connectivity index (χ1n) is 7.33. The van der Waals surface area contributed by atoms with Crippen LogP contribution in [0.4, 0.5) is 15.8 Å². The van der Waals surface area contributed by atoms with Gasteiger partial charge in [0.2, 0.25) is 5.91 Å². The average molecular weight is 293 g/mol. The molecule has 2 heterocycles. The fourth-order valence-electron chi connectivity index (χ4n) is 2.99. The summed E-state index contributed by atoms with van der Waals surface area (Å²) in [5.41, 5.74) is 6.04. The van der Waals surface area contributed by atoms with Crippen LogP contribution < -0.4 is 11.1 Å². The molecule has 6 heteroatoms. The zero-order valence-corrected chi connectivity index (χ0v) is 11.8. The monoisotopic (exact) mass is 293 g/mol. The molecule has 0 spiro atoms. The number of morpholine rings is 1. The molecule has 1 aromatic rings. The van der Waals surface area contributed by atoms with Crippen LogP contribution in [0.3, 0.4) is 0 Å². The molecule has 3 rings (SSSR count). The van der Waals surface area contributed by atoms with Crippen molar-refractivity contribution in [1.82, 2.24) is 4.90 Å². The molecule has 0 aromatic heterocycles. The van der Waals surface area contributed by atoms with Gasteiger partial charge in [-0.1, -0.05) is 0 Å². The Labute approximate surface area is 123 Å². The minimum absolute atomic E-state index is 0.0394. The third-order valence-electron chi connectivity index (χ3n) is 4.05. The van der Waals surface area contributed by atoms with Gasteiger partial charge in [0.15, 0.2) is 0 Å². The summed E-state index contributed by atoms with van der Waals surface area (Å²) in [7, 11) is 0. The number of amides is 1. The number of benzene rings is 1. The Morgan fingerprint density at radius 2 is 2.10 bits per heavy atom. The second-order valence-electron chi connectivity index (χ2n) is 5.75. The Hall–Kier alpha value is -1.66. The Bertz CT molecular complexity index is 526. The third kappa shape index (κ3) is 3.51. The van der Waals surface area contributed by atoms with E-state index in [9.17, 15) is 9.18 Å². The van der Waals surface area contributed by atoms with Crippen LogP contribution in [0.1, 0.15) is 19.3 Å². The molecule has 0 saturated carbocycles. The Morgan fingerprint density at radius 1 is 1.38 bits per heavy atom. The van der Waals surface area contributed by atoms with Crippen LogP contribution in [-0.2, 0) is 9.53 Å². The van der Waals surface area contributed by atoms with E-state index >= 15 is 0 Å². The number of nitrogens with zero attached hydrogens (tertiary/aromatic N) is 1. The minimum Gasteiger partial charge on any atom is -0.396 e. The zero-order chi connectivity index (χ0) is 14.8. The molecule has 2 aliphatic rings. The molecule has 2 bridgehead atoms. The first kappa shape index (κ1) is 14.3. The lowest BCUT2D eigenvalue weighted by Crippen LogP contribution is -2.43. The van der Waals surface area contributed by atoms with Gasteiger partial charge in [-0.3, -0.25) is 9.69 Å².